The molecule has 2 radical (unpaired) electrons. The zero-order chi connectivity index (χ0) is 15.2. The van der Waals surface area contributed by atoms with Crippen LogP contribution in [0, 0.1) is 0 Å². The van der Waals surface area contributed by atoms with Gasteiger partial charge >= 0.3 is 79.9 Å². The Hall–Kier alpha value is 0.759. The molecule has 0 spiro atoms. The van der Waals surface area contributed by atoms with E-state index in [0.29, 0.717) is 0 Å². The Morgan fingerprint density at radius 1 is 0.850 bits per heavy atom. The van der Waals surface area contributed by atoms with Crippen LogP contribution in [-0.2, 0) is 14.9 Å². The normalized spacial score (nSPS) is 14.3. The van der Waals surface area contributed by atoms with Gasteiger partial charge in [0.1, 0.15) is 0 Å². The van der Waals surface area contributed by atoms with Crippen LogP contribution in [0.2, 0.25) is 0 Å². The molecular weight excluding hydrogens is 529 g/mol. The molecule has 4 nitrogen and oxygen atoms in total. The van der Waals surface area contributed by atoms with Gasteiger partial charge in [-0.25, -0.2) is 4.74 Å². The second-order valence-corrected chi connectivity index (χ2v) is 4.09. The van der Waals surface area contributed by atoms with Crippen LogP contribution in [0.3, 0.4) is 0 Å². The van der Waals surface area contributed by atoms with Crippen LogP contribution in [0.15, 0.2) is 0 Å². The van der Waals surface area contributed by atoms with E-state index >= 15 is 0 Å². The van der Waals surface area contributed by atoms with E-state index in [0.717, 1.165) is 0 Å². The molecule has 0 amide bonds. The van der Waals surface area contributed by atoms with Gasteiger partial charge in [-0.05, 0) is 0 Å². The Kier molecular flexibility index (Phi) is 8.86. The molecule has 0 bridgehead atoms. The molecule has 0 rings (SSSR count). The fourth-order valence-corrected chi connectivity index (χ4v) is 0.770. The van der Waals surface area contributed by atoms with Crippen LogP contribution < -0.4 is 18.9 Å². The maximum absolute atomic E-state index is 12.2. The van der Waals surface area contributed by atoms with Crippen LogP contribution in [0.4, 0.5) is 39.5 Å². The molecule has 0 saturated carbocycles. The Bertz CT molecular complexity index is 426. The number of ether oxygens (including phenoxy) is 1. The summed E-state index contributed by atoms with van der Waals surface area (Å²) in [4.78, 5) is 0. The quantitative estimate of drug-likeness (QED) is 0.270. The van der Waals surface area contributed by atoms with Gasteiger partial charge < -0.3 is 1.43 Å². The second kappa shape index (κ2) is 6.89. The van der Waals surface area contributed by atoms with Gasteiger partial charge in [0.2, 0.25) is 0 Å². The SMILES string of the molecule is O=S(=O)(O)C(F)(F)C(F)(F)OC(F)(F)C(F)(F)F.[H-].[Li+].[PbH2]. The van der Waals surface area contributed by atoms with E-state index in [4.69, 9.17) is 4.55 Å². The van der Waals surface area contributed by atoms with Gasteiger partial charge in [-0.2, -0.15) is 47.9 Å². The van der Waals surface area contributed by atoms with Crippen molar-refractivity contribution in [2.24, 2.45) is 0 Å². The molecule has 0 unspecified atom stereocenters. The van der Waals surface area contributed by atoms with Crippen molar-refractivity contribution in [2.75, 3.05) is 0 Å². The third-order valence-corrected chi connectivity index (χ3v) is 2.13. The molecule has 0 aliphatic heterocycles. The van der Waals surface area contributed by atoms with Gasteiger partial charge in [-0.1, -0.05) is 0 Å². The molecule has 0 fully saturated rings. The monoisotopic (exact) mass is 534 g/mol. The molecule has 118 valence electrons. The second-order valence-electron chi connectivity index (χ2n) is 2.63. The van der Waals surface area contributed by atoms with Crippen molar-refractivity contribution < 1.29 is 77.5 Å². The van der Waals surface area contributed by atoms with Crippen LogP contribution >= 0.6 is 0 Å². The summed E-state index contributed by atoms with van der Waals surface area (Å²) < 4.78 is 135. The number of hydrogen-bond acceptors (Lipinski definition) is 3. The topological polar surface area (TPSA) is 63.6 Å². The van der Waals surface area contributed by atoms with Gasteiger partial charge in [-0.3, -0.25) is 4.55 Å². The van der Waals surface area contributed by atoms with E-state index in [2.05, 4.69) is 0 Å². The fraction of sp³-hybridized carbons (Fsp3) is 1.00. The summed E-state index contributed by atoms with van der Waals surface area (Å²) in [5, 5.41) is -6.70. The first kappa shape index (κ1) is 25.7. The van der Waals surface area contributed by atoms with Crippen molar-refractivity contribution in [2.45, 2.75) is 23.6 Å². The van der Waals surface area contributed by atoms with E-state index in [1.807, 2.05) is 0 Å². The zero-order valence-corrected chi connectivity index (χ0v) is 15.5. The zero-order valence-electron chi connectivity index (χ0n) is 10.2. The molecule has 0 heterocycles. The molecule has 0 saturated heterocycles. The number of halogens is 9. The molecule has 16 heteroatoms. The minimum absolute atomic E-state index is 0. The summed E-state index contributed by atoms with van der Waals surface area (Å²) >= 11 is 0. The van der Waals surface area contributed by atoms with Gasteiger partial charge in [0, 0.05) is 0 Å². The van der Waals surface area contributed by atoms with E-state index in [9.17, 15) is 47.9 Å². The molecule has 0 aliphatic rings. The minimum atomic E-state index is -6.99. The van der Waals surface area contributed by atoms with Crippen LogP contribution in [-0.4, -0.2) is 63.9 Å². The van der Waals surface area contributed by atoms with E-state index in [1.165, 1.54) is 4.74 Å². The van der Waals surface area contributed by atoms with Gasteiger partial charge in [0.15, 0.2) is 0 Å². The summed E-state index contributed by atoms with van der Waals surface area (Å²) in [6, 6.07) is 0. The summed E-state index contributed by atoms with van der Waals surface area (Å²) in [5.74, 6) is 0. The molecule has 0 aromatic heterocycles. The molecule has 0 atom stereocenters. The Morgan fingerprint density at radius 2 is 1.15 bits per heavy atom. The molecule has 1 N–H and O–H groups in total. The predicted molar refractivity (Wildman–Crippen MR) is 43.2 cm³/mol. The van der Waals surface area contributed by atoms with Crippen molar-refractivity contribution in [1.29, 1.82) is 0 Å². The molecule has 0 aromatic rings. The van der Waals surface area contributed by atoms with Gasteiger partial charge in [0.25, 0.3) is 0 Å². The van der Waals surface area contributed by atoms with Crippen molar-refractivity contribution in [3.05, 3.63) is 0 Å². The fourth-order valence-electron chi connectivity index (χ4n) is 0.428. The summed E-state index contributed by atoms with van der Waals surface area (Å²) in [6.45, 7) is 0. The Balaban J connectivity index is -0.000000482. The number of alkyl halides is 9. The van der Waals surface area contributed by atoms with Crippen molar-refractivity contribution in [3.8, 4) is 0 Å². The number of rotatable bonds is 4. The van der Waals surface area contributed by atoms with Crippen LogP contribution in [0.5, 0.6) is 0 Å². The predicted octanol–water partition coefficient (Wildman–Crippen LogP) is -1.57. The molecule has 20 heavy (non-hydrogen) atoms. The third kappa shape index (κ3) is 5.19. The first-order valence-electron chi connectivity index (χ1n) is 3.33. The maximum atomic E-state index is 12.2. The van der Waals surface area contributed by atoms with Crippen molar-refractivity contribution in [1.82, 2.24) is 0 Å². The summed E-state index contributed by atoms with van der Waals surface area (Å²) in [6.07, 6.45) is -20.4. The van der Waals surface area contributed by atoms with E-state index in [1.54, 1.807) is 0 Å². The molecular formula is C4H4F9LiO4PbS. The molecule has 0 aromatic carbocycles. The van der Waals surface area contributed by atoms with E-state index in [-0.39, 0.29) is 47.6 Å². The van der Waals surface area contributed by atoms with Crippen molar-refractivity contribution in [3.63, 3.8) is 0 Å². The summed E-state index contributed by atoms with van der Waals surface area (Å²) in [5.41, 5.74) is 0. The Morgan fingerprint density at radius 3 is 1.35 bits per heavy atom. The van der Waals surface area contributed by atoms with E-state index < -0.39 is 33.8 Å². The first-order chi connectivity index (χ1) is 7.46. The first-order valence-corrected chi connectivity index (χ1v) is 4.77. The molecule has 0 aliphatic carbocycles. The van der Waals surface area contributed by atoms with Gasteiger partial charge in [0.05, 0.1) is 0 Å². The summed E-state index contributed by atoms with van der Waals surface area (Å²) in [7, 11) is -6.99. The average Bonchev–Trinajstić information content (AvgIpc) is 1.96. The standard InChI is InChI=1S/C4HF9O4S.Li.Pb.3H/c5-1(6,7)2(8,9)17-3(10,11)4(12,13)18(14,15)16;;;;;/h(H,14,15,16);;;;;/q;+1;;;;-1. The third-order valence-electron chi connectivity index (χ3n) is 1.25. The Labute approximate surface area is 138 Å². The van der Waals surface area contributed by atoms with Crippen LogP contribution in [0.1, 0.15) is 1.43 Å². The van der Waals surface area contributed by atoms with Crippen LogP contribution in [0.25, 0.3) is 0 Å². The average molecular weight is 533 g/mol. The number of hydrogen-bond donors (Lipinski definition) is 1. The van der Waals surface area contributed by atoms with Crippen molar-refractivity contribution >= 4 is 37.4 Å². The van der Waals surface area contributed by atoms with Gasteiger partial charge in [-0.15, -0.1) is 0 Å².